The lowest BCUT2D eigenvalue weighted by Crippen LogP contribution is -2.36. The van der Waals surface area contributed by atoms with E-state index in [1.54, 1.807) is 4.90 Å². The number of rotatable bonds is 8. The first-order valence-corrected chi connectivity index (χ1v) is 6.86. The van der Waals surface area contributed by atoms with Gasteiger partial charge in [-0.3, -0.25) is 9.59 Å². The SMILES string of the molecule is CC1(C)C[C@H](C=O)N(CCCCCCC(=O)O)C1=O. The first-order chi connectivity index (χ1) is 8.88. The average Bonchev–Trinajstić information content (AvgIpc) is 2.55. The van der Waals surface area contributed by atoms with Gasteiger partial charge in [0.2, 0.25) is 5.91 Å². The number of hydrogen-bond acceptors (Lipinski definition) is 3. The Hall–Kier alpha value is -1.39. The predicted octanol–water partition coefficient (Wildman–Crippen LogP) is 1.85. The molecule has 5 heteroatoms. The fraction of sp³-hybridized carbons (Fsp3) is 0.786. The second kappa shape index (κ2) is 6.68. The van der Waals surface area contributed by atoms with Crippen LogP contribution in [0.1, 0.15) is 52.4 Å². The van der Waals surface area contributed by atoms with E-state index in [-0.39, 0.29) is 18.4 Å². The maximum atomic E-state index is 12.1. The zero-order valence-corrected chi connectivity index (χ0v) is 11.7. The molecule has 0 radical (unpaired) electrons. The van der Waals surface area contributed by atoms with Crippen LogP contribution in [0.5, 0.6) is 0 Å². The predicted molar refractivity (Wildman–Crippen MR) is 70.7 cm³/mol. The van der Waals surface area contributed by atoms with Crippen LogP contribution in [0.25, 0.3) is 0 Å². The summed E-state index contributed by atoms with van der Waals surface area (Å²) in [5.41, 5.74) is -0.436. The van der Waals surface area contributed by atoms with E-state index in [0.29, 0.717) is 19.4 Å². The van der Waals surface area contributed by atoms with Crippen molar-refractivity contribution in [2.24, 2.45) is 5.41 Å². The molecule has 1 heterocycles. The normalized spacial score (nSPS) is 21.7. The van der Waals surface area contributed by atoms with Crippen LogP contribution < -0.4 is 0 Å². The van der Waals surface area contributed by atoms with E-state index in [2.05, 4.69) is 0 Å². The number of hydrogen-bond donors (Lipinski definition) is 1. The van der Waals surface area contributed by atoms with Gasteiger partial charge >= 0.3 is 5.97 Å². The lowest BCUT2D eigenvalue weighted by molar-refractivity contribution is -0.137. The molecule has 0 aromatic rings. The monoisotopic (exact) mass is 269 g/mol. The summed E-state index contributed by atoms with van der Waals surface area (Å²) in [5, 5.41) is 8.51. The van der Waals surface area contributed by atoms with Crippen LogP contribution in [-0.2, 0) is 14.4 Å². The maximum Gasteiger partial charge on any atom is 0.303 e. The Balaban J connectivity index is 2.30. The topological polar surface area (TPSA) is 74.7 Å². The minimum absolute atomic E-state index is 0.0511. The molecule has 1 aliphatic rings. The van der Waals surface area contributed by atoms with E-state index >= 15 is 0 Å². The minimum atomic E-state index is -0.766. The van der Waals surface area contributed by atoms with Crippen LogP contribution in [-0.4, -0.2) is 40.8 Å². The molecule has 0 unspecified atom stereocenters. The molecule has 1 fully saturated rings. The molecular formula is C14H23NO4. The summed E-state index contributed by atoms with van der Waals surface area (Å²) >= 11 is 0. The number of aldehydes is 1. The van der Waals surface area contributed by atoms with Crippen molar-refractivity contribution in [1.29, 1.82) is 0 Å². The van der Waals surface area contributed by atoms with Crippen molar-refractivity contribution in [3.05, 3.63) is 0 Å². The number of carbonyl (C=O) groups is 3. The first-order valence-electron chi connectivity index (χ1n) is 6.86. The summed E-state index contributed by atoms with van der Waals surface area (Å²) in [7, 11) is 0. The lowest BCUT2D eigenvalue weighted by atomic mass is 9.90. The van der Waals surface area contributed by atoms with E-state index in [1.165, 1.54) is 0 Å². The molecule has 1 rings (SSSR count). The molecule has 0 aromatic heterocycles. The first kappa shape index (κ1) is 15.7. The molecule has 1 aliphatic heterocycles. The third kappa shape index (κ3) is 4.33. The fourth-order valence-electron chi connectivity index (χ4n) is 2.56. The molecule has 0 saturated carbocycles. The molecular weight excluding hydrogens is 246 g/mol. The molecule has 1 N–H and O–H groups in total. The van der Waals surface area contributed by atoms with Gasteiger partial charge in [-0.15, -0.1) is 0 Å². The number of nitrogens with zero attached hydrogens (tertiary/aromatic N) is 1. The van der Waals surface area contributed by atoms with Crippen molar-refractivity contribution in [3.63, 3.8) is 0 Å². The highest BCUT2D eigenvalue weighted by Crippen LogP contribution is 2.34. The van der Waals surface area contributed by atoms with Gasteiger partial charge in [0.1, 0.15) is 6.29 Å². The van der Waals surface area contributed by atoms with Crippen LogP contribution in [0, 0.1) is 5.41 Å². The number of aliphatic carboxylic acids is 1. The maximum absolute atomic E-state index is 12.1. The second-order valence-corrected chi connectivity index (χ2v) is 5.85. The lowest BCUT2D eigenvalue weighted by Gasteiger charge is -2.21. The molecule has 0 bridgehead atoms. The summed E-state index contributed by atoms with van der Waals surface area (Å²) in [5.74, 6) is -0.715. The van der Waals surface area contributed by atoms with Crippen LogP contribution in [0.15, 0.2) is 0 Å². The highest BCUT2D eigenvalue weighted by atomic mass is 16.4. The van der Waals surface area contributed by atoms with Gasteiger partial charge in [-0.05, 0) is 19.3 Å². The molecule has 5 nitrogen and oxygen atoms in total. The molecule has 0 spiro atoms. The van der Waals surface area contributed by atoms with E-state index < -0.39 is 11.4 Å². The van der Waals surface area contributed by atoms with E-state index in [0.717, 1.165) is 25.5 Å². The Morgan fingerprint density at radius 2 is 2.00 bits per heavy atom. The number of likely N-dealkylation sites (tertiary alicyclic amines) is 1. The summed E-state index contributed by atoms with van der Waals surface area (Å²) in [4.78, 5) is 35.1. The summed E-state index contributed by atoms with van der Waals surface area (Å²) in [6.45, 7) is 4.34. The Kier molecular flexibility index (Phi) is 5.51. The van der Waals surface area contributed by atoms with Crippen LogP contribution in [0.3, 0.4) is 0 Å². The smallest absolute Gasteiger partial charge is 0.303 e. The van der Waals surface area contributed by atoms with Crippen molar-refractivity contribution in [1.82, 2.24) is 4.90 Å². The third-order valence-electron chi connectivity index (χ3n) is 3.66. The van der Waals surface area contributed by atoms with Crippen LogP contribution >= 0.6 is 0 Å². The highest BCUT2D eigenvalue weighted by molar-refractivity contribution is 5.88. The van der Waals surface area contributed by atoms with Crippen molar-refractivity contribution in [3.8, 4) is 0 Å². The molecule has 0 aliphatic carbocycles. The molecule has 108 valence electrons. The molecule has 1 amide bonds. The van der Waals surface area contributed by atoms with Gasteiger partial charge in [-0.2, -0.15) is 0 Å². The van der Waals surface area contributed by atoms with Gasteiger partial charge in [-0.1, -0.05) is 26.7 Å². The van der Waals surface area contributed by atoms with Gasteiger partial charge in [0.05, 0.1) is 6.04 Å². The fourth-order valence-corrected chi connectivity index (χ4v) is 2.56. The van der Waals surface area contributed by atoms with Crippen LogP contribution in [0.4, 0.5) is 0 Å². The van der Waals surface area contributed by atoms with E-state index in [4.69, 9.17) is 5.11 Å². The van der Waals surface area contributed by atoms with Gasteiger partial charge in [-0.25, -0.2) is 0 Å². The van der Waals surface area contributed by atoms with Crippen molar-refractivity contribution >= 4 is 18.2 Å². The number of carboxylic acid groups (broad SMARTS) is 1. The Labute approximate surface area is 114 Å². The second-order valence-electron chi connectivity index (χ2n) is 5.85. The minimum Gasteiger partial charge on any atom is -0.481 e. The zero-order valence-electron chi connectivity index (χ0n) is 11.7. The van der Waals surface area contributed by atoms with Gasteiger partial charge < -0.3 is 14.8 Å². The van der Waals surface area contributed by atoms with Crippen LogP contribution in [0.2, 0.25) is 0 Å². The zero-order chi connectivity index (χ0) is 14.5. The largest absolute Gasteiger partial charge is 0.481 e. The van der Waals surface area contributed by atoms with E-state index in [9.17, 15) is 14.4 Å². The number of carbonyl (C=O) groups excluding carboxylic acids is 2. The summed E-state index contributed by atoms with van der Waals surface area (Å²) < 4.78 is 0. The van der Waals surface area contributed by atoms with Crippen molar-refractivity contribution in [2.45, 2.75) is 58.4 Å². The third-order valence-corrected chi connectivity index (χ3v) is 3.66. The van der Waals surface area contributed by atoms with Crippen molar-refractivity contribution in [2.75, 3.05) is 6.54 Å². The Morgan fingerprint density at radius 1 is 1.37 bits per heavy atom. The molecule has 19 heavy (non-hydrogen) atoms. The molecule has 1 atom stereocenters. The van der Waals surface area contributed by atoms with Crippen molar-refractivity contribution < 1.29 is 19.5 Å². The Bertz CT molecular complexity index is 351. The number of carboxylic acids is 1. The number of unbranched alkanes of at least 4 members (excludes halogenated alkanes) is 3. The summed E-state index contributed by atoms with van der Waals surface area (Å²) in [6, 6.07) is -0.290. The Morgan fingerprint density at radius 3 is 2.58 bits per heavy atom. The van der Waals surface area contributed by atoms with Gasteiger partial charge in [0.15, 0.2) is 0 Å². The van der Waals surface area contributed by atoms with Gasteiger partial charge in [0.25, 0.3) is 0 Å². The average molecular weight is 269 g/mol. The number of amides is 1. The van der Waals surface area contributed by atoms with Gasteiger partial charge in [0, 0.05) is 18.4 Å². The summed E-state index contributed by atoms with van der Waals surface area (Å²) in [6.07, 6.45) is 4.89. The molecule has 1 saturated heterocycles. The van der Waals surface area contributed by atoms with E-state index in [1.807, 2.05) is 13.8 Å². The quantitative estimate of drug-likeness (QED) is 0.539. The molecule has 0 aromatic carbocycles. The standard InChI is InChI=1S/C14H23NO4/c1-14(2)9-11(10-16)15(13(14)19)8-6-4-3-5-7-12(17)18/h10-11H,3-9H2,1-2H3,(H,17,18)/t11-/m1/s1. The highest BCUT2D eigenvalue weighted by Gasteiger charge is 2.44.